The van der Waals surface area contributed by atoms with Crippen molar-refractivity contribution in [1.82, 2.24) is 0 Å². The van der Waals surface area contributed by atoms with Crippen LogP contribution in [0.2, 0.25) is 0 Å². The fourth-order valence-electron chi connectivity index (χ4n) is 0.596. The third-order valence-corrected chi connectivity index (χ3v) is 1.04. The lowest BCUT2D eigenvalue weighted by atomic mass is 10.3. The normalized spacial score (nSPS) is 27.5. The maximum Gasteiger partial charge on any atom is 0.220 e. The maximum absolute atomic E-state index is 8.82. The third-order valence-electron chi connectivity index (χ3n) is 1.04. The summed E-state index contributed by atoms with van der Waals surface area (Å²) < 4.78 is 4.74. The van der Waals surface area contributed by atoms with Gasteiger partial charge < -0.3 is 9.84 Å². The Hall–Kier alpha value is -0.760. The van der Waals surface area contributed by atoms with E-state index in [4.69, 9.17) is 9.84 Å². The summed E-state index contributed by atoms with van der Waals surface area (Å²) in [5.74, 6) is 0.537. The van der Waals surface area contributed by atoms with Gasteiger partial charge in [-0.2, -0.15) is 0 Å². The van der Waals surface area contributed by atoms with Gasteiger partial charge in [-0.3, -0.25) is 0 Å². The topological polar surface area (TPSA) is 29.5 Å². The lowest BCUT2D eigenvalue weighted by Crippen LogP contribution is -2.04. The van der Waals surface area contributed by atoms with E-state index in [0.29, 0.717) is 5.76 Å². The summed E-state index contributed by atoms with van der Waals surface area (Å²) in [6.07, 6.45) is 0.965. The minimum atomic E-state index is -0.748. The molecule has 0 aliphatic carbocycles. The van der Waals surface area contributed by atoms with Crippen LogP contribution in [0.15, 0.2) is 24.0 Å². The maximum atomic E-state index is 8.82. The van der Waals surface area contributed by atoms with Gasteiger partial charge in [0, 0.05) is 0 Å². The van der Waals surface area contributed by atoms with Crippen LogP contribution in [0.1, 0.15) is 6.92 Å². The van der Waals surface area contributed by atoms with Gasteiger partial charge in [-0.1, -0.05) is 6.58 Å². The number of allylic oxidation sites excluding steroid dienone is 1. The van der Waals surface area contributed by atoms with Crippen molar-refractivity contribution in [2.75, 3.05) is 0 Å². The molecule has 0 aromatic heterocycles. The second-order valence-corrected chi connectivity index (χ2v) is 1.82. The molecule has 2 heteroatoms. The molecule has 0 spiro atoms. The van der Waals surface area contributed by atoms with E-state index in [1.807, 2.05) is 0 Å². The quantitative estimate of drug-likeness (QED) is 0.502. The molecule has 44 valence electrons. The van der Waals surface area contributed by atoms with E-state index < -0.39 is 6.29 Å². The second-order valence-electron chi connectivity index (χ2n) is 1.82. The summed E-state index contributed by atoms with van der Waals surface area (Å²) >= 11 is 0. The molecule has 1 rings (SSSR count). The molecule has 0 radical (unpaired) electrons. The van der Waals surface area contributed by atoms with Gasteiger partial charge in [-0.15, -0.1) is 0 Å². The van der Waals surface area contributed by atoms with Crippen LogP contribution in [0, 0.1) is 0 Å². The highest BCUT2D eigenvalue weighted by Crippen LogP contribution is 2.17. The van der Waals surface area contributed by atoms with Gasteiger partial charge in [0.15, 0.2) is 0 Å². The zero-order valence-corrected chi connectivity index (χ0v) is 4.72. The van der Waals surface area contributed by atoms with Crippen LogP contribution >= 0.6 is 0 Å². The minimum Gasteiger partial charge on any atom is -0.462 e. The van der Waals surface area contributed by atoms with Crippen LogP contribution in [-0.2, 0) is 4.74 Å². The number of aliphatic hydroxyl groups is 1. The summed E-state index contributed by atoms with van der Waals surface area (Å²) in [4.78, 5) is 0. The number of rotatable bonds is 0. The Morgan fingerprint density at radius 3 is 2.62 bits per heavy atom. The monoisotopic (exact) mass is 112 g/mol. The lowest BCUT2D eigenvalue weighted by Gasteiger charge is -2.02. The third kappa shape index (κ3) is 0.746. The van der Waals surface area contributed by atoms with Crippen LogP contribution < -0.4 is 0 Å². The smallest absolute Gasteiger partial charge is 0.220 e. The molecule has 0 saturated carbocycles. The van der Waals surface area contributed by atoms with Gasteiger partial charge in [0.1, 0.15) is 5.76 Å². The molecule has 1 aliphatic heterocycles. The van der Waals surface area contributed by atoms with Gasteiger partial charge in [0.25, 0.3) is 0 Å². The van der Waals surface area contributed by atoms with Crippen molar-refractivity contribution in [2.24, 2.45) is 0 Å². The standard InChI is InChI=1S/C6H8O2/c1-4-3-5(2)8-6(4)7/h3,6-7H,2H2,1H3. The number of ether oxygens (including phenoxy) is 1. The van der Waals surface area contributed by atoms with Gasteiger partial charge in [-0.25, -0.2) is 0 Å². The van der Waals surface area contributed by atoms with E-state index in [9.17, 15) is 0 Å². The molecule has 8 heavy (non-hydrogen) atoms. The predicted molar refractivity (Wildman–Crippen MR) is 30.0 cm³/mol. The molecule has 1 heterocycles. The zero-order valence-electron chi connectivity index (χ0n) is 4.72. The number of aliphatic hydroxyl groups excluding tert-OH is 1. The van der Waals surface area contributed by atoms with Crippen LogP contribution in [0.3, 0.4) is 0 Å². The first-order chi connectivity index (χ1) is 3.70. The van der Waals surface area contributed by atoms with E-state index >= 15 is 0 Å². The number of hydrogen-bond donors (Lipinski definition) is 1. The molecule has 1 N–H and O–H groups in total. The summed E-state index contributed by atoms with van der Waals surface area (Å²) in [6.45, 7) is 5.29. The highest BCUT2D eigenvalue weighted by Gasteiger charge is 2.14. The van der Waals surface area contributed by atoms with Gasteiger partial charge in [0.05, 0.1) is 0 Å². The summed E-state index contributed by atoms with van der Waals surface area (Å²) in [5.41, 5.74) is 0.815. The molecule has 1 unspecified atom stereocenters. The lowest BCUT2D eigenvalue weighted by molar-refractivity contribution is -0.0175. The Morgan fingerprint density at radius 2 is 2.50 bits per heavy atom. The van der Waals surface area contributed by atoms with Crippen molar-refractivity contribution >= 4 is 0 Å². The van der Waals surface area contributed by atoms with E-state index in [1.54, 1.807) is 13.0 Å². The molecule has 0 bridgehead atoms. The Balaban J connectivity index is 2.73. The van der Waals surface area contributed by atoms with Crippen molar-refractivity contribution in [1.29, 1.82) is 0 Å². The van der Waals surface area contributed by atoms with E-state index in [-0.39, 0.29) is 0 Å². The van der Waals surface area contributed by atoms with Crippen molar-refractivity contribution in [2.45, 2.75) is 13.2 Å². The van der Waals surface area contributed by atoms with Gasteiger partial charge >= 0.3 is 0 Å². The molecule has 0 fully saturated rings. The molecule has 1 atom stereocenters. The van der Waals surface area contributed by atoms with E-state index in [0.717, 1.165) is 5.57 Å². The molecule has 0 aromatic rings. The minimum absolute atomic E-state index is 0.537. The molecule has 0 saturated heterocycles. The molecular weight excluding hydrogens is 104 g/mol. The first-order valence-electron chi connectivity index (χ1n) is 2.42. The van der Waals surface area contributed by atoms with Gasteiger partial charge in [0.2, 0.25) is 6.29 Å². The van der Waals surface area contributed by atoms with Crippen molar-refractivity contribution in [3.63, 3.8) is 0 Å². The summed E-state index contributed by atoms with van der Waals surface area (Å²) in [5, 5.41) is 8.82. The van der Waals surface area contributed by atoms with Crippen molar-refractivity contribution in [3.8, 4) is 0 Å². The SMILES string of the molecule is C=C1C=C(C)C(O)O1. The largest absolute Gasteiger partial charge is 0.462 e. The Kier molecular flexibility index (Phi) is 1.10. The number of hydrogen-bond acceptors (Lipinski definition) is 2. The van der Waals surface area contributed by atoms with Crippen LogP contribution in [0.4, 0.5) is 0 Å². The summed E-state index contributed by atoms with van der Waals surface area (Å²) in [7, 11) is 0. The molecule has 0 aromatic carbocycles. The molecule has 0 amide bonds. The Morgan fingerprint density at radius 1 is 1.88 bits per heavy atom. The first-order valence-corrected chi connectivity index (χ1v) is 2.42. The molecular formula is C6H8O2. The van der Waals surface area contributed by atoms with Crippen molar-refractivity contribution in [3.05, 3.63) is 24.0 Å². The van der Waals surface area contributed by atoms with Crippen molar-refractivity contribution < 1.29 is 9.84 Å². The second kappa shape index (κ2) is 1.63. The highest BCUT2D eigenvalue weighted by atomic mass is 16.6. The predicted octanol–water partition coefficient (Wildman–Crippen LogP) is 0.795. The Labute approximate surface area is 48.1 Å². The zero-order chi connectivity index (χ0) is 6.15. The van der Waals surface area contributed by atoms with E-state index in [2.05, 4.69) is 6.58 Å². The summed E-state index contributed by atoms with van der Waals surface area (Å²) in [6, 6.07) is 0. The van der Waals surface area contributed by atoms with Gasteiger partial charge in [-0.05, 0) is 18.6 Å². The van der Waals surface area contributed by atoms with Crippen LogP contribution in [0.5, 0.6) is 0 Å². The average Bonchev–Trinajstić information content (AvgIpc) is 1.85. The Bertz CT molecular complexity index is 147. The highest BCUT2D eigenvalue weighted by molar-refractivity contribution is 5.21. The van der Waals surface area contributed by atoms with Crippen LogP contribution in [0.25, 0.3) is 0 Å². The average molecular weight is 112 g/mol. The van der Waals surface area contributed by atoms with Crippen LogP contribution in [-0.4, -0.2) is 11.4 Å². The molecule has 1 aliphatic rings. The fraction of sp³-hybridized carbons (Fsp3) is 0.333. The fourth-order valence-corrected chi connectivity index (χ4v) is 0.596. The molecule has 2 nitrogen and oxygen atoms in total. The van der Waals surface area contributed by atoms with E-state index in [1.165, 1.54) is 0 Å². The first kappa shape index (κ1) is 5.38.